The first-order chi connectivity index (χ1) is 10.3. The van der Waals surface area contributed by atoms with Crippen LogP contribution in [0.4, 0.5) is 0 Å². The van der Waals surface area contributed by atoms with Crippen molar-refractivity contribution in [2.75, 3.05) is 0 Å². The third kappa shape index (κ3) is 2.98. The van der Waals surface area contributed by atoms with Crippen molar-refractivity contribution in [3.63, 3.8) is 0 Å². The molecular weight excluding hydrogens is 282 g/mol. The summed E-state index contributed by atoms with van der Waals surface area (Å²) < 4.78 is 1.76. The average Bonchev–Trinajstić information content (AvgIpc) is 3.05. The van der Waals surface area contributed by atoms with Gasteiger partial charge in [-0.15, -0.1) is 16.7 Å². The fraction of sp³-hybridized carbons (Fsp3) is 0.176. The van der Waals surface area contributed by atoms with E-state index in [4.69, 9.17) is 11.6 Å². The quantitative estimate of drug-likeness (QED) is 0.658. The zero-order chi connectivity index (χ0) is 14.7. The van der Waals surface area contributed by atoms with Crippen molar-refractivity contribution in [1.29, 1.82) is 0 Å². The van der Waals surface area contributed by atoms with E-state index in [0.29, 0.717) is 0 Å². The Labute approximate surface area is 129 Å². The number of halogens is 1. The lowest BCUT2D eigenvalue weighted by molar-refractivity contribution is 0.786. The fourth-order valence-corrected chi connectivity index (χ4v) is 2.29. The van der Waals surface area contributed by atoms with E-state index in [1.807, 2.05) is 43.5 Å². The lowest BCUT2D eigenvalue weighted by atomic mass is 10.1. The summed E-state index contributed by atoms with van der Waals surface area (Å²) in [6, 6.07) is 18.5. The molecule has 0 bridgehead atoms. The van der Waals surface area contributed by atoms with Crippen molar-refractivity contribution in [2.45, 2.75) is 18.7 Å². The summed E-state index contributed by atoms with van der Waals surface area (Å²) >= 11 is 6.18. The molecule has 0 spiro atoms. The second kappa shape index (κ2) is 6.10. The molecule has 21 heavy (non-hydrogen) atoms. The average molecular weight is 298 g/mol. The van der Waals surface area contributed by atoms with Crippen molar-refractivity contribution in [3.8, 4) is 16.8 Å². The third-order valence-electron chi connectivity index (χ3n) is 3.43. The molecule has 0 radical (unpaired) electrons. The SMILES string of the molecule is CCC(Cl)c1cn(-c2ccc(-c3ccccc3)cc2)nn1. The Bertz CT molecular complexity index is 704. The highest BCUT2D eigenvalue weighted by Crippen LogP contribution is 2.23. The number of hydrogen-bond donors (Lipinski definition) is 0. The van der Waals surface area contributed by atoms with E-state index in [-0.39, 0.29) is 5.38 Å². The molecule has 3 rings (SSSR count). The lowest BCUT2D eigenvalue weighted by Gasteiger charge is -2.04. The van der Waals surface area contributed by atoms with Crippen molar-refractivity contribution >= 4 is 11.6 Å². The molecule has 1 aromatic heterocycles. The molecule has 0 aliphatic heterocycles. The molecule has 0 N–H and O–H groups in total. The van der Waals surface area contributed by atoms with Crippen molar-refractivity contribution in [2.24, 2.45) is 0 Å². The Morgan fingerprint density at radius 2 is 1.67 bits per heavy atom. The fourth-order valence-electron chi connectivity index (χ4n) is 2.19. The molecule has 4 heteroatoms. The van der Waals surface area contributed by atoms with Gasteiger partial charge in [-0.3, -0.25) is 0 Å². The summed E-state index contributed by atoms with van der Waals surface area (Å²) in [5.41, 5.74) is 4.18. The molecule has 3 aromatic rings. The molecule has 1 atom stereocenters. The van der Waals surface area contributed by atoms with Crippen LogP contribution in [0.15, 0.2) is 60.8 Å². The summed E-state index contributed by atoms with van der Waals surface area (Å²) in [7, 11) is 0. The Balaban J connectivity index is 1.86. The Kier molecular flexibility index (Phi) is 4.02. The molecule has 0 aliphatic carbocycles. The highest BCUT2D eigenvalue weighted by atomic mass is 35.5. The van der Waals surface area contributed by atoms with Crippen molar-refractivity contribution in [3.05, 3.63) is 66.5 Å². The number of rotatable bonds is 4. The van der Waals surface area contributed by atoms with Crippen LogP contribution in [0.1, 0.15) is 24.4 Å². The van der Waals surface area contributed by atoms with Crippen LogP contribution < -0.4 is 0 Å². The highest BCUT2D eigenvalue weighted by molar-refractivity contribution is 6.20. The minimum absolute atomic E-state index is 0.0812. The zero-order valence-electron chi connectivity index (χ0n) is 11.8. The molecule has 0 aliphatic rings. The minimum Gasteiger partial charge on any atom is -0.220 e. The predicted octanol–water partition coefficient (Wildman–Crippen LogP) is 4.62. The van der Waals surface area contributed by atoms with Gasteiger partial charge in [0.2, 0.25) is 0 Å². The summed E-state index contributed by atoms with van der Waals surface area (Å²) in [5, 5.41) is 8.18. The number of benzene rings is 2. The smallest absolute Gasteiger partial charge is 0.101 e. The molecule has 106 valence electrons. The van der Waals surface area contributed by atoms with Crippen LogP contribution in [0, 0.1) is 0 Å². The molecule has 0 amide bonds. The number of aromatic nitrogens is 3. The molecule has 1 unspecified atom stereocenters. The summed E-state index contributed by atoms with van der Waals surface area (Å²) in [5.74, 6) is 0. The van der Waals surface area contributed by atoms with E-state index in [1.54, 1.807) is 4.68 Å². The first kappa shape index (κ1) is 13.8. The Morgan fingerprint density at radius 3 is 2.33 bits per heavy atom. The first-order valence-corrected chi connectivity index (χ1v) is 7.43. The van der Waals surface area contributed by atoms with E-state index < -0.39 is 0 Å². The van der Waals surface area contributed by atoms with E-state index >= 15 is 0 Å². The maximum Gasteiger partial charge on any atom is 0.101 e. The molecule has 1 heterocycles. The molecule has 0 saturated heterocycles. The summed E-state index contributed by atoms with van der Waals surface area (Å²) in [6.07, 6.45) is 2.73. The summed E-state index contributed by atoms with van der Waals surface area (Å²) in [6.45, 7) is 2.03. The van der Waals surface area contributed by atoms with E-state index in [9.17, 15) is 0 Å². The number of nitrogens with zero attached hydrogens (tertiary/aromatic N) is 3. The van der Waals surface area contributed by atoms with Crippen LogP contribution in [0.3, 0.4) is 0 Å². The maximum absolute atomic E-state index is 6.18. The largest absolute Gasteiger partial charge is 0.220 e. The second-order valence-corrected chi connectivity index (χ2v) is 5.40. The monoisotopic (exact) mass is 297 g/mol. The van der Waals surface area contributed by atoms with Gasteiger partial charge in [-0.2, -0.15) is 0 Å². The van der Waals surface area contributed by atoms with Gasteiger partial charge in [0.05, 0.1) is 17.3 Å². The number of hydrogen-bond acceptors (Lipinski definition) is 2. The van der Waals surface area contributed by atoms with Crippen LogP contribution in [-0.2, 0) is 0 Å². The topological polar surface area (TPSA) is 30.7 Å². The van der Waals surface area contributed by atoms with E-state index in [0.717, 1.165) is 17.8 Å². The first-order valence-electron chi connectivity index (χ1n) is 7.00. The van der Waals surface area contributed by atoms with E-state index in [1.165, 1.54) is 11.1 Å². The van der Waals surface area contributed by atoms with Gasteiger partial charge in [-0.1, -0.05) is 54.6 Å². The van der Waals surface area contributed by atoms with Crippen molar-refractivity contribution in [1.82, 2.24) is 15.0 Å². The zero-order valence-corrected chi connectivity index (χ0v) is 12.5. The maximum atomic E-state index is 6.18. The van der Waals surface area contributed by atoms with Crippen LogP contribution in [0.25, 0.3) is 16.8 Å². The predicted molar refractivity (Wildman–Crippen MR) is 85.7 cm³/mol. The van der Waals surface area contributed by atoms with Crippen LogP contribution in [0.5, 0.6) is 0 Å². The van der Waals surface area contributed by atoms with Crippen LogP contribution in [0.2, 0.25) is 0 Å². The molecular formula is C17H16ClN3. The third-order valence-corrected chi connectivity index (χ3v) is 3.96. The van der Waals surface area contributed by atoms with Gasteiger partial charge in [-0.25, -0.2) is 4.68 Å². The normalized spacial score (nSPS) is 12.3. The molecule has 2 aromatic carbocycles. The van der Waals surface area contributed by atoms with E-state index in [2.05, 4.69) is 34.6 Å². The van der Waals surface area contributed by atoms with Gasteiger partial charge in [0.1, 0.15) is 5.69 Å². The lowest BCUT2D eigenvalue weighted by Crippen LogP contribution is -1.94. The summed E-state index contributed by atoms with van der Waals surface area (Å²) in [4.78, 5) is 0. The van der Waals surface area contributed by atoms with Crippen LogP contribution >= 0.6 is 11.6 Å². The Morgan fingerprint density at radius 1 is 1.00 bits per heavy atom. The molecule has 3 nitrogen and oxygen atoms in total. The molecule has 0 fully saturated rings. The van der Waals surface area contributed by atoms with Gasteiger partial charge in [-0.05, 0) is 29.7 Å². The number of alkyl halides is 1. The van der Waals surface area contributed by atoms with Gasteiger partial charge >= 0.3 is 0 Å². The highest BCUT2D eigenvalue weighted by Gasteiger charge is 2.10. The van der Waals surface area contributed by atoms with Gasteiger partial charge in [0, 0.05) is 0 Å². The van der Waals surface area contributed by atoms with Crippen molar-refractivity contribution < 1.29 is 0 Å². The Hall–Kier alpha value is -2.13. The standard InChI is InChI=1S/C17H16ClN3/c1-2-16(18)17-12-21(20-19-17)15-10-8-14(9-11-15)13-6-4-3-5-7-13/h3-12,16H,2H2,1H3. The van der Waals surface area contributed by atoms with Gasteiger partial charge < -0.3 is 0 Å². The van der Waals surface area contributed by atoms with Crippen LogP contribution in [-0.4, -0.2) is 15.0 Å². The van der Waals surface area contributed by atoms with Gasteiger partial charge in [0.25, 0.3) is 0 Å². The van der Waals surface area contributed by atoms with Gasteiger partial charge in [0.15, 0.2) is 0 Å². The minimum atomic E-state index is -0.0812. The molecule has 0 saturated carbocycles. The second-order valence-electron chi connectivity index (χ2n) is 4.88.